The summed E-state index contributed by atoms with van der Waals surface area (Å²) in [6.07, 6.45) is 1.06. The number of amides is 5. The van der Waals surface area contributed by atoms with Crippen molar-refractivity contribution in [2.75, 3.05) is 45.3 Å². The number of carbonyl (C=O) groups is 4. The number of nitrogens with one attached hydrogen (secondary N) is 2. The highest BCUT2D eigenvalue weighted by Gasteiger charge is 2.34. The molecule has 2 atom stereocenters. The second-order valence-corrected chi connectivity index (χ2v) is 15.0. The fourth-order valence-corrected chi connectivity index (χ4v) is 6.84. The second kappa shape index (κ2) is 20.7. The molecule has 308 valence electrons. The molecule has 0 saturated heterocycles. The Bertz CT molecular complexity index is 1950. The molecule has 57 heavy (non-hydrogen) atoms. The van der Waals surface area contributed by atoms with Crippen molar-refractivity contribution in [3.8, 4) is 0 Å². The van der Waals surface area contributed by atoms with Gasteiger partial charge in [0, 0.05) is 62.9 Å². The van der Waals surface area contributed by atoms with Crippen LogP contribution in [0.4, 0.5) is 15.3 Å². The van der Waals surface area contributed by atoms with Crippen LogP contribution in [0.15, 0.2) is 79.0 Å². The standard InChI is InChI=1S/C43H59N7O7/c1-9-56-40(57-10-2)30(3)49(28-33-21-15-20-32-22-17-26-44-38(32)33)39(52)35(24-13-14-27-50(42(54)55)43(4,5)6)45-37(51)29-47(7)46-41(53)48(8)36-25-16-19-31-18-11-12-23-34(31)36/h11-12,15-23,25-26,30,35,40H,9-10,13-14,24,27-29H2,1-8H3,(H,45,51)(H,46,53)(H,54,55)/t30-,35-/m0/s1. The lowest BCUT2D eigenvalue weighted by Gasteiger charge is -2.37. The first-order valence-electron chi connectivity index (χ1n) is 19.6. The van der Waals surface area contributed by atoms with Gasteiger partial charge in [-0.3, -0.25) is 24.9 Å². The minimum Gasteiger partial charge on any atom is -0.465 e. The molecule has 1 heterocycles. The number of ether oxygens (including phenoxy) is 2. The van der Waals surface area contributed by atoms with Gasteiger partial charge in [-0.05, 0) is 83.9 Å². The number of hydrogen-bond donors (Lipinski definition) is 3. The summed E-state index contributed by atoms with van der Waals surface area (Å²) in [7, 11) is 3.23. The van der Waals surface area contributed by atoms with Gasteiger partial charge in [0.05, 0.1) is 23.8 Å². The monoisotopic (exact) mass is 785 g/mol. The number of carbonyl (C=O) groups excluding carboxylic acids is 3. The van der Waals surface area contributed by atoms with Crippen molar-refractivity contribution < 1.29 is 33.8 Å². The second-order valence-electron chi connectivity index (χ2n) is 15.0. The minimum atomic E-state index is -1.03. The zero-order valence-corrected chi connectivity index (χ0v) is 34.5. The summed E-state index contributed by atoms with van der Waals surface area (Å²) in [5.41, 5.74) is 4.41. The molecule has 3 aromatic carbocycles. The molecule has 3 N–H and O–H groups in total. The normalized spacial score (nSPS) is 12.7. The van der Waals surface area contributed by atoms with Crippen molar-refractivity contribution in [3.63, 3.8) is 0 Å². The topological polar surface area (TPSA) is 157 Å². The molecular formula is C43H59N7O7. The average molecular weight is 786 g/mol. The van der Waals surface area contributed by atoms with Gasteiger partial charge in [0.25, 0.3) is 0 Å². The third-order valence-electron chi connectivity index (χ3n) is 9.79. The summed E-state index contributed by atoms with van der Waals surface area (Å²) in [5.74, 6) is -0.849. The van der Waals surface area contributed by atoms with Crippen LogP contribution in [0.1, 0.15) is 66.4 Å². The van der Waals surface area contributed by atoms with Crippen molar-refractivity contribution in [2.45, 2.75) is 91.3 Å². The molecule has 0 aliphatic heterocycles. The van der Waals surface area contributed by atoms with Crippen LogP contribution in [0.3, 0.4) is 0 Å². The zero-order chi connectivity index (χ0) is 41.7. The van der Waals surface area contributed by atoms with Crippen LogP contribution >= 0.6 is 0 Å². The van der Waals surface area contributed by atoms with E-state index in [2.05, 4.69) is 15.7 Å². The average Bonchev–Trinajstić information content (AvgIpc) is 3.17. The molecule has 4 aromatic rings. The first-order chi connectivity index (χ1) is 27.2. The smallest absolute Gasteiger partial charge is 0.407 e. The molecule has 0 aliphatic rings. The van der Waals surface area contributed by atoms with E-state index in [9.17, 15) is 24.3 Å². The Morgan fingerprint density at radius 3 is 2.19 bits per heavy atom. The first kappa shape index (κ1) is 44.4. The van der Waals surface area contributed by atoms with E-state index < -0.39 is 41.9 Å². The molecule has 0 fully saturated rings. The number of pyridine rings is 1. The number of aromatic nitrogens is 1. The van der Waals surface area contributed by atoms with E-state index in [0.29, 0.717) is 31.7 Å². The Balaban J connectivity index is 1.58. The van der Waals surface area contributed by atoms with Gasteiger partial charge in [-0.15, -0.1) is 0 Å². The lowest BCUT2D eigenvalue weighted by Crippen LogP contribution is -2.56. The molecule has 0 radical (unpaired) electrons. The summed E-state index contributed by atoms with van der Waals surface area (Å²) in [5, 5.41) is 17.0. The molecule has 0 bridgehead atoms. The van der Waals surface area contributed by atoms with E-state index in [-0.39, 0.29) is 32.0 Å². The maximum absolute atomic E-state index is 14.9. The largest absolute Gasteiger partial charge is 0.465 e. The highest BCUT2D eigenvalue weighted by atomic mass is 16.7. The van der Waals surface area contributed by atoms with Crippen molar-refractivity contribution in [2.24, 2.45) is 0 Å². The maximum atomic E-state index is 14.9. The van der Waals surface area contributed by atoms with E-state index in [4.69, 9.17) is 9.47 Å². The molecule has 0 aliphatic carbocycles. The van der Waals surface area contributed by atoms with Crippen molar-refractivity contribution in [3.05, 3.63) is 84.6 Å². The number of para-hydroxylation sites is 1. The van der Waals surface area contributed by atoms with Crippen LogP contribution in [0.5, 0.6) is 0 Å². The molecule has 0 saturated carbocycles. The van der Waals surface area contributed by atoms with Gasteiger partial charge in [-0.2, -0.15) is 0 Å². The van der Waals surface area contributed by atoms with Crippen molar-refractivity contribution in [1.29, 1.82) is 0 Å². The van der Waals surface area contributed by atoms with Crippen LogP contribution in [0, 0.1) is 0 Å². The van der Waals surface area contributed by atoms with E-state index >= 15 is 0 Å². The van der Waals surface area contributed by atoms with Gasteiger partial charge in [0.2, 0.25) is 11.8 Å². The minimum absolute atomic E-state index is 0.157. The van der Waals surface area contributed by atoms with Gasteiger partial charge in [0.1, 0.15) is 6.04 Å². The Labute approximate surface area is 336 Å². The van der Waals surface area contributed by atoms with E-state index in [1.54, 1.807) is 25.2 Å². The van der Waals surface area contributed by atoms with Crippen LogP contribution < -0.4 is 15.6 Å². The number of unbranched alkanes of at least 4 members (excludes halogenated alkanes) is 1. The quantitative estimate of drug-likeness (QED) is 0.0540. The Hall–Kier alpha value is -5.31. The summed E-state index contributed by atoms with van der Waals surface area (Å²) in [4.78, 5) is 63.1. The molecule has 0 spiro atoms. The van der Waals surface area contributed by atoms with Gasteiger partial charge >= 0.3 is 12.1 Å². The summed E-state index contributed by atoms with van der Waals surface area (Å²) < 4.78 is 11.9. The highest BCUT2D eigenvalue weighted by molar-refractivity contribution is 6.02. The zero-order valence-electron chi connectivity index (χ0n) is 34.5. The number of benzene rings is 3. The van der Waals surface area contributed by atoms with Gasteiger partial charge < -0.3 is 29.7 Å². The number of likely N-dealkylation sites (N-methyl/N-ethyl adjacent to an activating group) is 1. The van der Waals surface area contributed by atoms with Crippen LogP contribution in [-0.2, 0) is 25.6 Å². The molecule has 14 nitrogen and oxygen atoms in total. The fraction of sp³-hybridized carbons (Fsp3) is 0.465. The summed E-state index contributed by atoms with van der Waals surface area (Å²) in [6, 6.07) is 21.1. The van der Waals surface area contributed by atoms with Crippen LogP contribution in [-0.4, -0.2) is 113 Å². The number of nitrogens with zero attached hydrogens (tertiary/aromatic N) is 5. The van der Waals surface area contributed by atoms with Crippen LogP contribution in [0.2, 0.25) is 0 Å². The molecule has 14 heteroatoms. The lowest BCUT2D eigenvalue weighted by atomic mass is 10.0. The molecule has 4 rings (SSSR count). The summed E-state index contributed by atoms with van der Waals surface area (Å²) >= 11 is 0. The fourth-order valence-electron chi connectivity index (χ4n) is 6.84. The van der Waals surface area contributed by atoms with Gasteiger partial charge in [-0.25, -0.2) is 14.6 Å². The number of carboxylic acid groups (broad SMARTS) is 1. The SMILES string of the molecule is CCOC(OCC)[C@H](C)N(Cc1cccc2cccnc12)C(=O)[C@H](CCCCN(C(=O)O)C(C)(C)C)NC(=O)CN(C)NC(=O)N(C)c1cccc2ccccc12. The van der Waals surface area contributed by atoms with Crippen molar-refractivity contribution in [1.82, 2.24) is 30.5 Å². The Morgan fingerprint density at radius 1 is 0.860 bits per heavy atom. The van der Waals surface area contributed by atoms with Gasteiger partial charge in [-0.1, -0.05) is 60.7 Å². The Morgan fingerprint density at radius 2 is 1.51 bits per heavy atom. The number of urea groups is 1. The molecule has 1 aromatic heterocycles. The number of anilines is 1. The van der Waals surface area contributed by atoms with E-state index in [1.165, 1.54) is 14.8 Å². The number of fused-ring (bicyclic) bond motifs is 2. The third-order valence-corrected chi connectivity index (χ3v) is 9.79. The third kappa shape index (κ3) is 12.1. The predicted octanol–water partition coefficient (Wildman–Crippen LogP) is 6.63. The van der Waals surface area contributed by atoms with E-state index in [1.807, 2.05) is 114 Å². The predicted molar refractivity (Wildman–Crippen MR) is 223 cm³/mol. The highest BCUT2D eigenvalue weighted by Crippen LogP contribution is 2.26. The Kier molecular flexibility index (Phi) is 16.2. The van der Waals surface area contributed by atoms with Crippen molar-refractivity contribution >= 4 is 51.3 Å². The first-order valence-corrected chi connectivity index (χ1v) is 19.6. The number of hydrazine groups is 1. The maximum Gasteiger partial charge on any atom is 0.407 e. The molecule has 0 unspecified atom stereocenters. The summed E-state index contributed by atoms with van der Waals surface area (Å²) in [6.45, 7) is 11.9. The van der Waals surface area contributed by atoms with E-state index in [0.717, 1.165) is 27.2 Å². The molecule has 5 amide bonds. The van der Waals surface area contributed by atoms with Gasteiger partial charge in [0.15, 0.2) is 6.29 Å². The number of rotatable bonds is 19. The lowest BCUT2D eigenvalue weighted by molar-refractivity contribution is -0.179. The number of hydrogen-bond acceptors (Lipinski definition) is 8. The van der Waals surface area contributed by atoms with Crippen LogP contribution in [0.25, 0.3) is 21.7 Å². The molecular weight excluding hydrogens is 727 g/mol.